The summed E-state index contributed by atoms with van der Waals surface area (Å²) in [5.74, 6) is -0.262. The summed E-state index contributed by atoms with van der Waals surface area (Å²) in [5, 5.41) is 3.70. The van der Waals surface area contributed by atoms with E-state index in [2.05, 4.69) is 26.2 Å². The van der Waals surface area contributed by atoms with Gasteiger partial charge in [-0.25, -0.2) is 4.39 Å². The van der Waals surface area contributed by atoms with Gasteiger partial charge in [-0.15, -0.1) is 0 Å². The van der Waals surface area contributed by atoms with E-state index in [1.807, 2.05) is 0 Å². The first-order valence-corrected chi connectivity index (χ1v) is 6.11. The molecule has 2 rings (SSSR count). The Morgan fingerprint density at radius 2 is 2.18 bits per heavy atom. The van der Waals surface area contributed by atoms with Gasteiger partial charge >= 0.3 is 0 Å². The lowest BCUT2D eigenvalue weighted by Gasteiger charge is -2.09. The van der Waals surface area contributed by atoms with Gasteiger partial charge in [0.25, 0.3) is 0 Å². The largest absolute Gasteiger partial charge is 0.378 e. The van der Waals surface area contributed by atoms with Crippen LogP contribution in [0.4, 0.5) is 10.1 Å². The highest BCUT2D eigenvalue weighted by Gasteiger charge is 2.03. The van der Waals surface area contributed by atoms with E-state index in [9.17, 15) is 4.39 Å². The van der Waals surface area contributed by atoms with Crippen molar-refractivity contribution in [1.29, 1.82) is 0 Å². The molecular formula is C12H9BrClFN2. The molecule has 1 aromatic carbocycles. The van der Waals surface area contributed by atoms with E-state index in [1.54, 1.807) is 24.5 Å². The normalized spacial score (nSPS) is 10.3. The summed E-state index contributed by atoms with van der Waals surface area (Å²) in [6.45, 7) is 0.476. The van der Waals surface area contributed by atoms with Crippen LogP contribution in [0.25, 0.3) is 0 Å². The Kier molecular flexibility index (Phi) is 3.97. The first kappa shape index (κ1) is 12.3. The summed E-state index contributed by atoms with van der Waals surface area (Å²) in [6, 6.07) is 6.26. The molecule has 0 saturated heterocycles. The maximum atomic E-state index is 13.1. The van der Waals surface area contributed by atoms with Crippen LogP contribution in [0, 0.1) is 5.82 Å². The number of rotatable bonds is 3. The van der Waals surface area contributed by atoms with Crippen molar-refractivity contribution in [3.05, 3.63) is 57.5 Å². The van der Waals surface area contributed by atoms with Gasteiger partial charge in [0.15, 0.2) is 0 Å². The molecule has 88 valence electrons. The summed E-state index contributed by atoms with van der Waals surface area (Å²) in [7, 11) is 0. The minimum atomic E-state index is -0.262. The lowest BCUT2D eigenvalue weighted by molar-refractivity contribution is 0.625. The monoisotopic (exact) mass is 314 g/mol. The van der Waals surface area contributed by atoms with E-state index < -0.39 is 0 Å². The Morgan fingerprint density at radius 1 is 1.35 bits per heavy atom. The third kappa shape index (κ3) is 3.17. The fourth-order valence-electron chi connectivity index (χ4n) is 1.38. The molecule has 0 fully saturated rings. The second kappa shape index (κ2) is 5.47. The van der Waals surface area contributed by atoms with Crippen LogP contribution in [0.3, 0.4) is 0 Å². The van der Waals surface area contributed by atoms with Crippen LogP contribution in [0.5, 0.6) is 0 Å². The van der Waals surface area contributed by atoms with Crippen LogP contribution >= 0.6 is 27.5 Å². The second-order valence-electron chi connectivity index (χ2n) is 3.44. The standard InChI is InChI=1S/C12H9BrClFN2/c13-10-2-1-9(15)5-8(10)6-17-12-7-16-4-3-11(12)14/h1-5,7,17H,6H2. The predicted molar refractivity (Wildman–Crippen MR) is 70.7 cm³/mol. The van der Waals surface area contributed by atoms with E-state index in [1.165, 1.54) is 12.1 Å². The van der Waals surface area contributed by atoms with Gasteiger partial charge in [0.1, 0.15) is 5.82 Å². The maximum Gasteiger partial charge on any atom is 0.123 e. The first-order valence-electron chi connectivity index (χ1n) is 4.94. The molecule has 0 atom stereocenters. The Morgan fingerprint density at radius 3 is 2.94 bits per heavy atom. The summed E-state index contributed by atoms with van der Waals surface area (Å²) >= 11 is 9.34. The van der Waals surface area contributed by atoms with Gasteiger partial charge in [0, 0.05) is 17.2 Å². The zero-order valence-corrected chi connectivity index (χ0v) is 11.1. The molecule has 0 aliphatic rings. The molecule has 17 heavy (non-hydrogen) atoms. The van der Waals surface area contributed by atoms with Crippen molar-refractivity contribution in [3.8, 4) is 0 Å². The molecule has 0 radical (unpaired) electrons. The minimum Gasteiger partial charge on any atom is -0.378 e. The van der Waals surface area contributed by atoms with Gasteiger partial charge in [-0.2, -0.15) is 0 Å². The van der Waals surface area contributed by atoms with Crippen molar-refractivity contribution in [2.45, 2.75) is 6.54 Å². The lowest BCUT2D eigenvalue weighted by Crippen LogP contribution is -2.01. The smallest absolute Gasteiger partial charge is 0.123 e. The molecule has 2 aromatic rings. The highest BCUT2D eigenvalue weighted by atomic mass is 79.9. The number of benzene rings is 1. The van der Waals surface area contributed by atoms with E-state index in [0.29, 0.717) is 11.6 Å². The Balaban J connectivity index is 2.12. The molecule has 0 aliphatic heterocycles. The van der Waals surface area contributed by atoms with E-state index in [-0.39, 0.29) is 5.82 Å². The topological polar surface area (TPSA) is 24.9 Å². The average molecular weight is 316 g/mol. The third-order valence-electron chi connectivity index (χ3n) is 2.24. The number of nitrogens with one attached hydrogen (secondary N) is 1. The number of anilines is 1. The highest BCUT2D eigenvalue weighted by molar-refractivity contribution is 9.10. The summed E-state index contributed by atoms with van der Waals surface area (Å²) in [4.78, 5) is 3.97. The Labute approximate surface area is 112 Å². The van der Waals surface area contributed by atoms with Gasteiger partial charge in [0.05, 0.1) is 16.9 Å². The fraction of sp³-hybridized carbons (Fsp3) is 0.0833. The quantitative estimate of drug-likeness (QED) is 0.916. The molecule has 0 bridgehead atoms. The van der Waals surface area contributed by atoms with Crippen molar-refractivity contribution in [1.82, 2.24) is 4.98 Å². The highest BCUT2D eigenvalue weighted by Crippen LogP contribution is 2.22. The number of hydrogen-bond donors (Lipinski definition) is 1. The molecule has 1 heterocycles. The van der Waals surface area contributed by atoms with Gasteiger partial charge in [-0.3, -0.25) is 4.98 Å². The average Bonchev–Trinajstić information content (AvgIpc) is 2.32. The van der Waals surface area contributed by atoms with Crippen LogP contribution in [0.1, 0.15) is 5.56 Å². The van der Waals surface area contributed by atoms with Crippen LogP contribution in [-0.4, -0.2) is 4.98 Å². The molecule has 0 saturated carbocycles. The van der Waals surface area contributed by atoms with Gasteiger partial charge < -0.3 is 5.32 Å². The van der Waals surface area contributed by atoms with Crippen LogP contribution in [0.2, 0.25) is 5.02 Å². The summed E-state index contributed by atoms with van der Waals surface area (Å²) in [5.41, 5.74) is 1.55. The molecule has 0 aliphatic carbocycles. The molecular weight excluding hydrogens is 307 g/mol. The minimum absolute atomic E-state index is 0.262. The molecule has 0 amide bonds. The van der Waals surface area contributed by atoms with E-state index in [0.717, 1.165) is 15.7 Å². The van der Waals surface area contributed by atoms with Gasteiger partial charge in [-0.1, -0.05) is 27.5 Å². The molecule has 1 N–H and O–H groups in total. The second-order valence-corrected chi connectivity index (χ2v) is 4.71. The van der Waals surface area contributed by atoms with E-state index >= 15 is 0 Å². The van der Waals surface area contributed by atoms with Crippen molar-refractivity contribution in [2.24, 2.45) is 0 Å². The van der Waals surface area contributed by atoms with Gasteiger partial charge in [-0.05, 0) is 29.8 Å². The van der Waals surface area contributed by atoms with Crippen molar-refractivity contribution in [3.63, 3.8) is 0 Å². The molecule has 0 spiro atoms. The SMILES string of the molecule is Fc1ccc(Br)c(CNc2cnccc2Cl)c1. The molecule has 5 heteroatoms. The molecule has 1 aromatic heterocycles. The van der Waals surface area contributed by atoms with Gasteiger partial charge in [0.2, 0.25) is 0 Å². The zero-order valence-electron chi connectivity index (χ0n) is 8.75. The summed E-state index contributed by atoms with van der Waals surface area (Å²) < 4.78 is 13.9. The van der Waals surface area contributed by atoms with Crippen LogP contribution in [0.15, 0.2) is 41.1 Å². The van der Waals surface area contributed by atoms with Crippen LogP contribution in [-0.2, 0) is 6.54 Å². The predicted octanol–water partition coefficient (Wildman–Crippen LogP) is 4.25. The fourth-order valence-corrected chi connectivity index (χ4v) is 1.94. The third-order valence-corrected chi connectivity index (χ3v) is 3.35. The zero-order chi connectivity index (χ0) is 12.3. The maximum absolute atomic E-state index is 13.1. The van der Waals surface area contributed by atoms with Crippen molar-refractivity contribution >= 4 is 33.2 Å². The number of nitrogens with zero attached hydrogens (tertiary/aromatic N) is 1. The first-order chi connectivity index (χ1) is 8.16. The number of aromatic nitrogens is 1. The van der Waals surface area contributed by atoms with Crippen LogP contribution < -0.4 is 5.32 Å². The summed E-state index contributed by atoms with van der Waals surface area (Å²) in [6.07, 6.45) is 3.25. The number of pyridine rings is 1. The van der Waals surface area contributed by atoms with E-state index in [4.69, 9.17) is 11.6 Å². The lowest BCUT2D eigenvalue weighted by atomic mass is 10.2. The molecule has 0 unspecified atom stereocenters. The number of halogens is 3. The van der Waals surface area contributed by atoms with Crippen molar-refractivity contribution < 1.29 is 4.39 Å². The Bertz CT molecular complexity index is 534. The van der Waals surface area contributed by atoms with Crippen molar-refractivity contribution in [2.75, 3.05) is 5.32 Å². The molecule has 2 nitrogen and oxygen atoms in total. The number of hydrogen-bond acceptors (Lipinski definition) is 2. The Hall–Kier alpha value is -1.13.